The molecule has 0 N–H and O–H groups in total. The van der Waals surface area contributed by atoms with E-state index in [4.69, 9.17) is 14.7 Å². The molecule has 1 fully saturated rings. The number of benzene rings is 2. The van der Waals surface area contributed by atoms with Gasteiger partial charge in [0.25, 0.3) is 5.91 Å². The highest BCUT2D eigenvalue weighted by atomic mass is 32.1. The summed E-state index contributed by atoms with van der Waals surface area (Å²) >= 11 is 1.47. The summed E-state index contributed by atoms with van der Waals surface area (Å²) in [6.07, 6.45) is 1.93. The van der Waals surface area contributed by atoms with Crippen molar-refractivity contribution >= 4 is 32.6 Å². The number of methoxy groups -OCH3 is 1. The van der Waals surface area contributed by atoms with Crippen LogP contribution in [0, 0.1) is 11.3 Å². The smallest absolute Gasteiger partial charge is 0.260 e. The van der Waals surface area contributed by atoms with Gasteiger partial charge in [0, 0.05) is 18.2 Å². The first-order valence-corrected chi connectivity index (χ1v) is 9.88. The minimum Gasteiger partial charge on any atom is -0.497 e. The number of carbonyl (C=O) groups is 1. The molecule has 1 aliphatic heterocycles. The Balaban J connectivity index is 1.69. The molecule has 6 nitrogen and oxygen atoms in total. The summed E-state index contributed by atoms with van der Waals surface area (Å²) in [5.41, 5.74) is 1.84. The van der Waals surface area contributed by atoms with E-state index in [1.54, 1.807) is 36.3 Å². The number of ether oxygens (including phenoxy) is 2. The fraction of sp³-hybridized carbons (Fsp3) is 0.286. The number of thiazole rings is 1. The van der Waals surface area contributed by atoms with Crippen molar-refractivity contribution in [2.75, 3.05) is 25.2 Å². The maximum absolute atomic E-state index is 13.3. The van der Waals surface area contributed by atoms with E-state index in [2.05, 4.69) is 11.1 Å². The van der Waals surface area contributed by atoms with E-state index in [-0.39, 0.29) is 12.0 Å². The molecule has 1 saturated heterocycles. The van der Waals surface area contributed by atoms with Crippen molar-refractivity contribution in [2.45, 2.75) is 18.9 Å². The van der Waals surface area contributed by atoms with Crippen molar-refractivity contribution in [1.82, 2.24) is 4.98 Å². The van der Waals surface area contributed by atoms with Crippen LogP contribution in [0.2, 0.25) is 0 Å². The molecule has 1 unspecified atom stereocenters. The maximum Gasteiger partial charge on any atom is 0.260 e. The third-order valence-electron chi connectivity index (χ3n) is 4.73. The number of amides is 1. The van der Waals surface area contributed by atoms with E-state index in [9.17, 15) is 4.79 Å². The van der Waals surface area contributed by atoms with Gasteiger partial charge in [-0.3, -0.25) is 9.69 Å². The van der Waals surface area contributed by atoms with Crippen molar-refractivity contribution in [1.29, 1.82) is 5.26 Å². The molecule has 0 radical (unpaired) electrons. The lowest BCUT2D eigenvalue weighted by Crippen LogP contribution is -2.37. The number of carbonyl (C=O) groups excluding carboxylic acids is 1. The van der Waals surface area contributed by atoms with Gasteiger partial charge in [0.05, 0.1) is 41.6 Å². The Labute approximate surface area is 166 Å². The Morgan fingerprint density at radius 3 is 2.86 bits per heavy atom. The number of hydrogen-bond acceptors (Lipinski definition) is 6. The average Bonchev–Trinajstić information content (AvgIpc) is 3.40. The second kappa shape index (κ2) is 7.97. The van der Waals surface area contributed by atoms with Crippen LogP contribution < -0.4 is 9.64 Å². The van der Waals surface area contributed by atoms with Crippen molar-refractivity contribution in [3.05, 3.63) is 53.6 Å². The third kappa shape index (κ3) is 3.70. The summed E-state index contributed by atoms with van der Waals surface area (Å²) in [7, 11) is 1.62. The Hall–Kier alpha value is -2.95. The predicted octanol–water partition coefficient (Wildman–Crippen LogP) is 4.00. The molecule has 0 spiro atoms. The molecule has 142 valence electrons. The topological polar surface area (TPSA) is 75.5 Å². The summed E-state index contributed by atoms with van der Waals surface area (Å²) in [4.78, 5) is 19.6. The normalized spacial score (nSPS) is 16.1. The first-order chi connectivity index (χ1) is 13.7. The van der Waals surface area contributed by atoms with E-state index in [1.165, 1.54) is 11.3 Å². The summed E-state index contributed by atoms with van der Waals surface area (Å²) in [6, 6.07) is 14.4. The van der Waals surface area contributed by atoms with Crippen LogP contribution >= 0.6 is 11.3 Å². The van der Waals surface area contributed by atoms with Gasteiger partial charge >= 0.3 is 0 Å². The van der Waals surface area contributed by atoms with Crippen LogP contribution in [-0.2, 0) is 4.74 Å². The van der Waals surface area contributed by atoms with E-state index >= 15 is 0 Å². The third-order valence-corrected chi connectivity index (χ3v) is 5.79. The highest BCUT2D eigenvalue weighted by molar-refractivity contribution is 7.22. The highest BCUT2D eigenvalue weighted by Gasteiger charge is 2.27. The van der Waals surface area contributed by atoms with Gasteiger partial charge in [0.2, 0.25) is 0 Å². The van der Waals surface area contributed by atoms with Gasteiger partial charge in [0.15, 0.2) is 5.13 Å². The lowest BCUT2D eigenvalue weighted by atomic mass is 10.1. The molecule has 1 atom stereocenters. The quantitative estimate of drug-likeness (QED) is 0.655. The van der Waals surface area contributed by atoms with Crippen molar-refractivity contribution in [3.8, 4) is 11.8 Å². The molecule has 28 heavy (non-hydrogen) atoms. The van der Waals surface area contributed by atoms with Crippen LogP contribution in [0.4, 0.5) is 5.13 Å². The van der Waals surface area contributed by atoms with E-state index in [1.807, 2.05) is 18.2 Å². The molecule has 4 rings (SSSR count). The van der Waals surface area contributed by atoms with Gasteiger partial charge in [-0.15, -0.1) is 0 Å². The number of aromatic nitrogens is 1. The first-order valence-electron chi connectivity index (χ1n) is 9.06. The van der Waals surface area contributed by atoms with Gasteiger partial charge in [0.1, 0.15) is 5.75 Å². The van der Waals surface area contributed by atoms with Crippen molar-refractivity contribution in [2.24, 2.45) is 0 Å². The van der Waals surface area contributed by atoms with Gasteiger partial charge in [-0.25, -0.2) is 4.98 Å². The highest BCUT2D eigenvalue weighted by Crippen LogP contribution is 2.32. The van der Waals surface area contributed by atoms with Crippen molar-refractivity contribution in [3.63, 3.8) is 0 Å². The maximum atomic E-state index is 13.3. The zero-order valence-corrected chi connectivity index (χ0v) is 16.2. The second-order valence-corrected chi connectivity index (χ2v) is 7.58. The molecule has 1 aliphatic rings. The Morgan fingerprint density at radius 2 is 2.18 bits per heavy atom. The van der Waals surface area contributed by atoms with Crippen LogP contribution in [-0.4, -0.2) is 37.3 Å². The lowest BCUT2D eigenvalue weighted by molar-refractivity contribution is 0.0917. The van der Waals surface area contributed by atoms with Gasteiger partial charge in [-0.1, -0.05) is 11.3 Å². The van der Waals surface area contributed by atoms with Crippen LogP contribution in [0.3, 0.4) is 0 Å². The fourth-order valence-corrected chi connectivity index (χ4v) is 4.17. The first kappa shape index (κ1) is 18.4. The molecule has 1 aromatic heterocycles. The predicted molar refractivity (Wildman–Crippen MR) is 108 cm³/mol. The summed E-state index contributed by atoms with van der Waals surface area (Å²) in [5, 5.41) is 9.62. The van der Waals surface area contributed by atoms with Crippen LogP contribution in [0.15, 0.2) is 42.5 Å². The van der Waals surface area contributed by atoms with Gasteiger partial charge in [-0.05, 0) is 49.2 Å². The Kier molecular flexibility index (Phi) is 5.24. The zero-order chi connectivity index (χ0) is 19.5. The largest absolute Gasteiger partial charge is 0.497 e. The summed E-state index contributed by atoms with van der Waals surface area (Å²) in [6.45, 7) is 1.18. The zero-order valence-electron chi connectivity index (χ0n) is 15.4. The number of nitrogens with zero attached hydrogens (tertiary/aromatic N) is 3. The Bertz CT molecular complexity index is 1030. The minimum absolute atomic E-state index is 0.00359. The van der Waals surface area contributed by atoms with Gasteiger partial charge < -0.3 is 9.47 Å². The fourth-order valence-electron chi connectivity index (χ4n) is 3.22. The second-order valence-electron chi connectivity index (χ2n) is 6.57. The van der Waals surface area contributed by atoms with Crippen LogP contribution in [0.1, 0.15) is 28.8 Å². The number of hydrogen-bond donors (Lipinski definition) is 0. The molecule has 1 amide bonds. The van der Waals surface area contributed by atoms with E-state index < -0.39 is 0 Å². The minimum atomic E-state index is -0.147. The summed E-state index contributed by atoms with van der Waals surface area (Å²) in [5.74, 6) is 0.583. The molecule has 2 aromatic carbocycles. The standard InChI is InChI=1S/C21H19N3O3S/c1-26-16-8-9-19-18(11-16)23-21(28-19)24(13-17-3-2-10-27-17)20(25)15-6-4-14(12-22)5-7-15/h4-9,11,17H,2-3,10,13H2,1H3. The number of rotatable bonds is 5. The SMILES string of the molecule is COc1ccc2sc(N(CC3CCCO3)C(=O)c3ccc(C#N)cc3)nc2c1. The number of nitriles is 1. The molecule has 3 aromatic rings. The average molecular weight is 393 g/mol. The Morgan fingerprint density at radius 1 is 1.36 bits per heavy atom. The van der Waals surface area contributed by atoms with Gasteiger partial charge in [-0.2, -0.15) is 5.26 Å². The van der Waals surface area contributed by atoms with Crippen molar-refractivity contribution < 1.29 is 14.3 Å². The lowest BCUT2D eigenvalue weighted by Gasteiger charge is -2.23. The number of fused-ring (bicyclic) bond motifs is 1. The van der Waals surface area contributed by atoms with Crippen LogP contribution in [0.25, 0.3) is 10.2 Å². The molecule has 0 bridgehead atoms. The van der Waals surface area contributed by atoms with E-state index in [0.29, 0.717) is 22.8 Å². The molecular formula is C21H19N3O3S. The molecular weight excluding hydrogens is 374 g/mol. The van der Waals surface area contributed by atoms with E-state index in [0.717, 1.165) is 35.4 Å². The molecule has 7 heteroatoms. The molecule has 0 aliphatic carbocycles. The molecule has 2 heterocycles. The molecule has 0 saturated carbocycles. The number of anilines is 1. The monoisotopic (exact) mass is 393 g/mol. The van der Waals surface area contributed by atoms with Crippen LogP contribution in [0.5, 0.6) is 5.75 Å². The summed E-state index contributed by atoms with van der Waals surface area (Å²) < 4.78 is 12.0.